The maximum absolute atomic E-state index is 2.51. The number of nitrogens with zero attached hydrogens (tertiary/aromatic N) is 2. The molecule has 0 saturated heterocycles. The second-order valence-corrected chi connectivity index (χ2v) is 15.8. The van der Waals surface area contributed by atoms with Gasteiger partial charge in [0.05, 0.1) is 28.2 Å². The summed E-state index contributed by atoms with van der Waals surface area (Å²) in [7, 11) is 0. The molecule has 0 atom stereocenters. The summed E-state index contributed by atoms with van der Waals surface area (Å²) in [6.07, 6.45) is 0. The summed E-state index contributed by atoms with van der Waals surface area (Å²) in [6, 6.07) is 73.9. The molecular weight excluding hydrogens is 665 g/mol. The molecule has 2 heteroatoms. The first-order valence-electron chi connectivity index (χ1n) is 19.3. The van der Waals surface area contributed by atoms with Crippen molar-refractivity contribution < 1.29 is 0 Å². The van der Waals surface area contributed by atoms with E-state index >= 15 is 0 Å². The topological polar surface area (TPSA) is 6.48 Å². The number of anilines is 6. The van der Waals surface area contributed by atoms with Crippen molar-refractivity contribution in [2.45, 2.75) is 31.6 Å². The van der Waals surface area contributed by atoms with Crippen LogP contribution in [0.1, 0.15) is 48.6 Å². The second kappa shape index (κ2) is 12.7. The molecule has 1 spiro atoms. The van der Waals surface area contributed by atoms with Gasteiger partial charge in [-0.3, -0.25) is 0 Å². The SMILES string of the molecule is CC(C)(C)c1ccc2c(c1)C1(c3ccccc3N(c3ccc(-c4ccccc4)cc3)c3ccccc31)c1ccccc1N2c1cccc(-c2ccccc2)c1. The molecule has 0 N–H and O–H groups in total. The van der Waals surface area contributed by atoms with Gasteiger partial charge in [-0.05, 0) is 104 Å². The fourth-order valence-electron chi connectivity index (χ4n) is 9.03. The molecule has 0 fully saturated rings. The average molecular weight is 707 g/mol. The Balaban J connectivity index is 1.25. The van der Waals surface area contributed by atoms with E-state index in [1.807, 2.05) is 0 Å². The predicted octanol–water partition coefficient (Wildman–Crippen LogP) is 14.3. The van der Waals surface area contributed by atoms with Crippen LogP contribution in [0.5, 0.6) is 0 Å². The van der Waals surface area contributed by atoms with Crippen LogP contribution in [0.2, 0.25) is 0 Å². The highest BCUT2D eigenvalue weighted by atomic mass is 15.2. The minimum absolute atomic E-state index is 0.0501. The molecule has 2 heterocycles. The molecule has 0 amide bonds. The van der Waals surface area contributed by atoms with Crippen LogP contribution in [0.25, 0.3) is 22.3 Å². The van der Waals surface area contributed by atoms with E-state index in [1.54, 1.807) is 0 Å². The van der Waals surface area contributed by atoms with E-state index in [1.165, 1.54) is 72.8 Å². The van der Waals surface area contributed by atoms with E-state index in [2.05, 4.69) is 231 Å². The van der Waals surface area contributed by atoms with Crippen LogP contribution in [-0.2, 0) is 10.8 Å². The van der Waals surface area contributed by atoms with Gasteiger partial charge < -0.3 is 9.80 Å². The third-order valence-electron chi connectivity index (χ3n) is 11.6. The Bertz CT molecular complexity index is 2640. The largest absolute Gasteiger partial charge is 0.310 e. The van der Waals surface area contributed by atoms with Crippen molar-refractivity contribution in [2.75, 3.05) is 9.80 Å². The molecule has 2 nitrogen and oxygen atoms in total. The molecule has 10 rings (SSSR count). The molecule has 8 aromatic carbocycles. The normalized spacial score (nSPS) is 13.8. The minimum atomic E-state index is -0.589. The van der Waals surface area contributed by atoms with Gasteiger partial charge >= 0.3 is 0 Å². The molecule has 0 radical (unpaired) electrons. The van der Waals surface area contributed by atoms with Crippen LogP contribution in [-0.4, -0.2) is 0 Å². The molecule has 0 bridgehead atoms. The van der Waals surface area contributed by atoms with Gasteiger partial charge in [-0.25, -0.2) is 0 Å². The Labute approximate surface area is 324 Å². The molecule has 55 heavy (non-hydrogen) atoms. The lowest BCUT2D eigenvalue weighted by Crippen LogP contribution is -2.42. The maximum Gasteiger partial charge on any atom is 0.0783 e. The first kappa shape index (κ1) is 33.0. The van der Waals surface area contributed by atoms with E-state index in [9.17, 15) is 0 Å². The van der Waals surface area contributed by atoms with Crippen LogP contribution in [0, 0.1) is 0 Å². The highest BCUT2D eigenvalue weighted by Crippen LogP contribution is 2.64. The van der Waals surface area contributed by atoms with Crippen molar-refractivity contribution in [3.05, 3.63) is 228 Å². The molecular formula is C53H42N2. The fourth-order valence-corrected chi connectivity index (χ4v) is 9.03. The lowest BCUT2D eigenvalue weighted by atomic mass is 9.59. The molecule has 0 saturated carbocycles. The average Bonchev–Trinajstić information content (AvgIpc) is 3.24. The van der Waals surface area contributed by atoms with Gasteiger partial charge in [0.25, 0.3) is 0 Å². The Morgan fingerprint density at radius 2 is 0.764 bits per heavy atom. The Morgan fingerprint density at radius 1 is 0.327 bits per heavy atom. The fraction of sp³-hybridized carbons (Fsp3) is 0.0943. The third kappa shape index (κ3) is 5.16. The number of rotatable bonds is 4. The molecule has 8 aromatic rings. The van der Waals surface area contributed by atoms with Crippen molar-refractivity contribution >= 4 is 34.1 Å². The number of hydrogen-bond donors (Lipinski definition) is 0. The van der Waals surface area contributed by atoms with E-state index < -0.39 is 5.41 Å². The van der Waals surface area contributed by atoms with Gasteiger partial charge in [0.2, 0.25) is 0 Å². The lowest BCUT2D eigenvalue weighted by Gasteiger charge is -2.51. The van der Waals surface area contributed by atoms with Crippen molar-refractivity contribution in [1.29, 1.82) is 0 Å². The van der Waals surface area contributed by atoms with Gasteiger partial charge in [0.1, 0.15) is 0 Å². The van der Waals surface area contributed by atoms with Gasteiger partial charge in [-0.15, -0.1) is 0 Å². The van der Waals surface area contributed by atoms with Gasteiger partial charge in [0.15, 0.2) is 0 Å². The number of para-hydroxylation sites is 3. The zero-order chi connectivity index (χ0) is 37.1. The first-order chi connectivity index (χ1) is 26.9. The zero-order valence-electron chi connectivity index (χ0n) is 31.4. The number of hydrogen-bond acceptors (Lipinski definition) is 2. The smallest absolute Gasteiger partial charge is 0.0783 e. The summed E-state index contributed by atoms with van der Waals surface area (Å²) < 4.78 is 0. The number of benzene rings is 8. The van der Waals surface area contributed by atoms with Crippen molar-refractivity contribution in [3.63, 3.8) is 0 Å². The second-order valence-electron chi connectivity index (χ2n) is 15.8. The van der Waals surface area contributed by atoms with Crippen molar-refractivity contribution in [1.82, 2.24) is 0 Å². The molecule has 0 aromatic heterocycles. The van der Waals surface area contributed by atoms with Crippen molar-refractivity contribution in [3.8, 4) is 22.3 Å². The zero-order valence-corrected chi connectivity index (χ0v) is 31.4. The molecule has 2 aliphatic rings. The summed E-state index contributed by atoms with van der Waals surface area (Å²) in [5.74, 6) is 0. The monoisotopic (exact) mass is 706 g/mol. The Hall–Kier alpha value is -6.64. The van der Waals surface area contributed by atoms with Crippen LogP contribution in [0.15, 0.2) is 200 Å². The predicted molar refractivity (Wildman–Crippen MR) is 231 cm³/mol. The molecule has 0 unspecified atom stereocenters. The van der Waals surface area contributed by atoms with Gasteiger partial charge in [0, 0.05) is 11.4 Å². The minimum Gasteiger partial charge on any atom is -0.310 e. The molecule has 0 aliphatic carbocycles. The van der Waals surface area contributed by atoms with E-state index in [4.69, 9.17) is 0 Å². The number of fused-ring (bicyclic) bond motifs is 8. The van der Waals surface area contributed by atoms with Gasteiger partial charge in [-0.2, -0.15) is 0 Å². The van der Waals surface area contributed by atoms with Crippen LogP contribution in [0.4, 0.5) is 34.1 Å². The van der Waals surface area contributed by atoms with Crippen molar-refractivity contribution in [2.24, 2.45) is 0 Å². The standard InChI is InChI=1S/C53H42N2/c1-52(2,3)41-31-34-51-47(36-41)53(46-25-12-15-28-50(46)55(51)43-22-16-21-40(35-43)38-19-8-5-9-20-38)44-23-10-13-26-48(44)54(49-27-14-11-24-45(49)53)42-32-29-39(30-33-42)37-17-6-4-7-18-37/h4-36H,1-3H3. The maximum atomic E-state index is 2.51. The summed E-state index contributed by atoms with van der Waals surface area (Å²) >= 11 is 0. The van der Waals surface area contributed by atoms with E-state index in [0.717, 1.165) is 11.4 Å². The molecule has 264 valence electrons. The van der Waals surface area contributed by atoms with Crippen LogP contribution >= 0.6 is 0 Å². The van der Waals surface area contributed by atoms with Crippen LogP contribution < -0.4 is 9.80 Å². The third-order valence-corrected chi connectivity index (χ3v) is 11.6. The summed E-state index contributed by atoms with van der Waals surface area (Å²) in [4.78, 5) is 4.96. The van der Waals surface area contributed by atoms with Gasteiger partial charge in [-0.1, -0.05) is 172 Å². The summed E-state index contributed by atoms with van der Waals surface area (Å²) in [6.45, 7) is 6.97. The summed E-state index contributed by atoms with van der Waals surface area (Å²) in [5.41, 5.74) is 17.7. The summed E-state index contributed by atoms with van der Waals surface area (Å²) in [5, 5.41) is 0. The highest BCUT2D eigenvalue weighted by molar-refractivity contribution is 5.97. The Kier molecular flexibility index (Phi) is 7.64. The lowest BCUT2D eigenvalue weighted by molar-refractivity contribution is 0.586. The Morgan fingerprint density at radius 3 is 1.31 bits per heavy atom. The first-order valence-corrected chi connectivity index (χ1v) is 19.3. The van der Waals surface area contributed by atoms with E-state index in [-0.39, 0.29) is 5.41 Å². The van der Waals surface area contributed by atoms with E-state index in [0.29, 0.717) is 0 Å². The molecule has 2 aliphatic heterocycles. The quantitative estimate of drug-likeness (QED) is 0.180. The highest BCUT2D eigenvalue weighted by Gasteiger charge is 2.52. The van der Waals surface area contributed by atoms with Crippen LogP contribution in [0.3, 0.4) is 0 Å².